The summed E-state index contributed by atoms with van der Waals surface area (Å²) in [6.45, 7) is 0.141. The van der Waals surface area contributed by atoms with E-state index in [1.54, 1.807) is 0 Å². The smallest absolute Gasteiger partial charge is 0.305 e. The molecule has 0 amide bonds. The fourth-order valence-electron chi connectivity index (χ4n) is 1.86. The van der Waals surface area contributed by atoms with Gasteiger partial charge in [-0.25, -0.2) is 0 Å². The number of rotatable bonds is 6. The van der Waals surface area contributed by atoms with Crippen molar-refractivity contribution in [1.29, 1.82) is 0 Å². The van der Waals surface area contributed by atoms with Crippen LogP contribution in [-0.4, -0.2) is 31.6 Å². The molecule has 0 aliphatic heterocycles. The molecule has 0 spiro atoms. The van der Waals surface area contributed by atoms with Crippen molar-refractivity contribution < 1.29 is 19.1 Å². The molecule has 0 heterocycles. The highest BCUT2D eigenvalue weighted by molar-refractivity contribution is 5.83. The number of hydrogen-bond donors (Lipinski definition) is 0. The minimum absolute atomic E-state index is 0.0176. The third-order valence-electron chi connectivity index (χ3n) is 2.87. The molecule has 0 unspecified atom stereocenters. The van der Waals surface area contributed by atoms with Crippen LogP contribution in [0.3, 0.4) is 0 Å². The van der Waals surface area contributed by atoms with Crippen LogP contribution in [0.1, 0.15) is 44.9 Å². The van der Waals surface area contributed by atoms with Crippen LogP contribution in [0.4, 0.5) is 0 Å². The third-order valence-corrected chi connectivity index (χ3v) is 2.87. The van der Waals surface area contributed by atoms with Gasteiger partial charge in [0.1, 0.15) is 6.61 Å². The molecule has 1 rings (SSSR count). The maximum Gasteiger partial charge on any atom is 0.305 e. The molecule has 0 atom stereocenters. The predicted molar refractivity (Wildman–Crippen MR) is 59.1 cm³/mol. The van der Waals surface area contributed by atoms with Crippen LogP contribution in [-0.2, 0) is 19.1 Å². The summed E-state index contributed by atoms with van der Waals surface area (Å²) in [5, 5.41) is 0. The highest BCUT2D eigenvalue weighted by Crippen LogP contribution is 2.20. The highest BCUT2D eigenvalue weighted by Gasteiger charge is 2.15. The van der Waals surface area contributed by atoms with Crippen molar-refractivity contribution in [2.75, 3.05) is 13.7 Å². The number of esters is 1. The van der Waals surface area contributed by atoms with E-state index in [4.69, 9.17) is 4.74 Å². The van der Waals surface area contributed by atoms with Gasteiger partial charge >= 0.3 is 5.97 Å². The van der Waals surface area contributed by atoms with E-state index in [9.17, 15) is 9.59 Å². The zero-order chi connectivity index (χ0) is 11.8. The summed E-state index contributed by atoms with van der Waals surface area (Å²) >= 11 is 0. The Hall–Kier alpha value is -0.900. The Balaban J connectivity index is 2.07. The van der Waals surface area contributed by atoms with Crippen molar-refractivity contribution in [1.82, 2.24) is 0 Å². The minimum Gasteiger partial charge on any atom is -0.469 e. The lowest BCUT2D eigenvalue weighted by Crippen LogP contribution is -2.21. The molecule has 1 aliphatic carbocycles. The highest BCUT2D eigenvalue weighted by atomic mass is 16.5. The Bertz CT molecular complexity index is 231. The number of Topliss-reactive ketones (excluding diaryl/α,β-unsaturated/α-hetero) is 1. The van der Waals surface area contributed by atoms with Crippen molar-refractivity contribution in [3.8, 4) is 0 Å². The Kier molecular flexibility index (Phi) is 6.08. The molecule has 0 radical (unpaired) electrons. The topological polar surface area (TPSA) is 52.6 Å². The summed E-state index contributed by atoms with van der Waals surface area (Å²) in [5.41, 5.74) is 0. The Morgan fingerprint density at radius 2 is 1.81 bits per heavy atom. The van der Waals surface area contributed by atoms with Gasteiger partial charge in [0.15, 0.2) is 5.78 Å². The maximum absolute atomic E-state index is 11.4. The largest absolute Gasteiger partial charge is 0.469 e. The molecule has 1 aliphatic rings. The lowest BCUT2D eigenvalue weighted by atomic mass is 9.98. The number of carbonyl (C=O) groups excluding carboxylic acids is 2. The van der Waals surface area contributed by atoms with Crippen molar-refractivity contribution in [3.05, 3.63) is 0 Å². The summed E-state index contributed by atoms with van der Waals surface area (Å²) in [6, 6.07) is 0. The molecule has 4 heteroatoms. The van der Waals surface area contributed by atoms with Gasteiger partial charge in [-0.2, -0.15) is 0 Å². The van der Waals surface area contributed by atoms with Crippen LogP contribution >= 0.6 is 0 Å². The van der Waals surface area contributed by atoms with E-state index in [1.165, 1.54) is 26.4 Å². The standard InChI is InChI=1S/C12H20O4/c1-15-12(14)8-7-10(13)9-16-11-5-3-2-4-6-11/h11H,2-9H2,1H3. The SMILES string of the molecule is COC(=O)CCC(=O)COC1CCCCC1. The number of ketones is 1. The van der Waals surface area contributed by atoms with E-state index < -0.39 is 0 Å². The lowest BCUT2D eigenvalue weighted by Gasteiger charge is -2.21. The van der Waals surface area contributed by atoms with Gasteiger partial charge < -0.3 is 9.47 Å². The first-order chi connectivity index (χ1) is 7.72. The second-order valence-electron chi connectivity index (χ2n) is 4.19. The van der Waals surface area contributed by atoms with Crippen molar-refractivity contribution in [2.24, 2.45) is 0 Å². The van der Waals surface area contributed by atoms with Gasteiger partial charge in [0.25, 0.3) is 0 Å². The minimum atomic E-state index is -0.342. The van der Waals surface area contributed by atoms with E-state index >= 15 is 0 Å². The summed E-state index contributed by atoms with van der Waals surface area (Å²) in [7, 11) is 1.32. The normalized spacial score (nSPS) is 17.1. The van der Waals surface area contributed by atoms with Gasteiger partial charge in [-0.1, -0.05) is 19.3 Å². The Morgan fingerprint density at radius 3 is 2.44 bits per heavy atom. The molecule has 0 saturated heterocycles. The summed E-state index contributed by atoms with van der Waals surface area (Å²) in [4.78, 5) is 22.2. The number of carbonyl (C=O) groups is 2. The van der Waals surface area contributed by atoms with Gasteiger partial charge in [-0.3, -0.25) is 9.59 Å². The molecule has 0 aromatic carbocycles. The summed E-state index contributed by atoms with van der Waals surface area (Å²) < 4.78 is 9.97. The zero-order valence-electron chi connectivity index (χ0n) is 9.87. The second-order valence-corrected chi connectivity index (χ2v) is 4.19. The third kappa shape index (κ3) is 5.26. The molecule has 1 fully saturated rings. The molecule has 16 heavy (non-hydrogen) atoms. The first-order valence-electron chi connectivity index (χ1n) is 5.92. The Labute approximate surface area is 96.3 Å². The van der Waals surface area contributed by atoms with Crippen molar-refractivity contribution in [3.63, 3.8) is 0 Å². The Morgan fingerprint density at radius 1 is 1.12 bits per heavy atom. The van der Waals surface area contributed by atoms with E-state index in [2.05, 4.69) is 4.74 Å². The average molecular weight is 228 g/mol. The van der Waals surface area contributed by atoms with Crippen LogP contribution in [0.5, 0.6) is 0 Å². The van der Waals surface area contributed by atoms with Gasteiger partial charge in [0.2, 0.25) is 0 Å². The molecule has 0 aromatic rings. The van der Waals surface area contributed by atoms with Crippen LogP contribution < -0.4 is 0 Å². The van der Waals surface area contributed by atoms with E-state index in [-0.39, 0.29) is 37.3 Å². The quantitative estimate of drug-likeness (QED) is 0.651. The van der Waals surface area contributed by atoms with Crippen LogP contribution in [0.2, 0.25) is 0 Å². The lowest BCUT2D eigenvalue weighted by molar-refractivity contribution is -0.142. The van der Waals surface area contributed by atoms with Crippen molar-refractivity contribution >= 4 is 11.8 Å². The predicted octanol–water partition coefficient (Wildman–Crippen LogP) is 1.86. The van der Waals surface area contributed by atoms with E-state index in [0.29, 0.717) is 0 Å². The van der Waals surface area contributed by atoms with Gasteiger partial charge in [-0.15, -0.1) is 0 Å². The second kappa shape index (κ2) is 7.39. The molecule has 0 N–H and O–H groups in total. The fourth-order valence-corrected chi connectivity index (χ4v) is 1.86. The van der Waals surface area contributed by atoms with Crippen LogP contribution in [0.25, 0.3) is 0 Å². The average Bonchev–Trinajstić information content (AvgIpc) is 2.34. The van der Waals surface area contributed by atoms with Gasteiger partial charge in [0.05, 0.1) is 19.6 Å². The maximum atomic E-state index is 11.4. The monoisotopic (exact) mass is 228 g/mol. The molecular formula is C12H20O4. The van der Waals surface area contributed by atoms with Gasteiger partial charge in [0, 0.05) is 6.42 Å². The summed E-state index contributed by atoms with van der Waals surface area (Å²) in [5.74, 6) is -0.359. The molecule has 0 bridgehead atoms. The first kappa shape index (κ1) is 13.2. The molecule has 0 aromatic heterocycles. The zero-order valence-corrected chi connectivity index (χ0v) is 9.87. The molecule has 4 nitrogen and oxygen atoms in total. The summed E-state index contributed by atoms with van der Waals surface area (Å²) in [6.07, 6.45) is 6.41. The van der Waals surface area contributed by atoms with Crippen molar-refractivity contribution in [2.45, 2.75) is 51.0 Å². The number of ether oxygens (including phenoxy) is 2. The first-order valence-corrected chi connectivity index (χ1v) is 5.92. The van der Waals surface area contributed by atoms with Crippen LogP contribution in [0.15, 0.2) is 0 Å². The van der Waals surface area contributed by atoms with E-state index in [0.717, 1.165) is 12.8 Å². The van der Waals surface area contributed by atoms with Gasteiger partial charge in [-0.05, 0) is 12.8 Å². The fraction of sp³-hybridized carbons (Fsp3) is 0.833. The molecule has 1 saturated carbocycles. The number of methoxy groups -OCH3 is 1. The molecule has 92 valence electrons. The number of hydrogen-bond acceptors (Lipinski definition) is 4. The van der Waals surface area contributed by atoms with Crippen LogP contribution in [0, 0.1) is 0 Å². The van der Waals surface area contributed by atoms with E-state index in [1.807, 2.05) is 0 Å². The molecular weight excluding hydrogens is 208 g/mol.